The van der Waals surface area contributed by atoms with Crippen molar-refractivity contribution in [2.45, 2.75) is 23.9 Å². The topological polar surface area (TPSA) is 93.8 Å². The van der Waals surface area contributed by atoms with Crippen LogP contribution in [-0.2, 0) is 18.7 Å². The Morgan fingerprint density at radius 2 is 1.80 bits per heavy atom. The highest BCUT2D eigenvalue weighted by Gasteiger charge is 2.14. The second-order valence-electron chi connectivity index (χ2n) is 6.22. The van der Waals surface area contributed by atoms with Crippen LogP contribution in [0.3, 0.4) is 0 Å². The highest BCUT2D eigenvalue weighted by molar-refractivity contribution is 7.98. The van der Waals surface area contributed by atoms with Gasteiger partial charge in [-0.25, -0.2) is 4.39 Å². The van der Waals surface area contributed by atoms with E-state index in [2.05, 4.69) is 25.7 Å². The Balaban J connectivity index is 1.27. The average Bonchev–Trinajstić information content (AvgIpc) is 3.42. The van der Waals surface area contributed by atoms with Crippen LogP contribution >= 0.6 is 23.1 Å². The maximum Gasteiger partial charge on any atom is 0.282 e. The van der Waals surface area contributed by atoms with Crippen molar-refractivity contribution in [1.29, 1.82) is 0 Å². The maximum absolute atomic E-state index is 12.9. The van der Waals surface area contributed by atoms with Crippen molar-refractivity contribution >= 4 is 29.0 Å². The molecule has 2 aromatic carbocycles. The minimum atomic E-state index is -0.323. The number of thioether (sulfide) groups is 1. The Morgan fingerprint density at radius 1 is 1.00 bits per heavy atom. The van der Waals surface area contributed by atoms with Crippen LogP contribution in [0.5, 0.6) is 0 Å². The number of benzene rings is 2. The molecule has 0 saturated heterocycles. The van der Waals surface area contributed by atoms with E-state index in [0.29, 0.717) is 28.3 Å². The third kappa shape index (κ3) is 5.49. The molecule has 0 saturated carbocycles. The largest absolute Gasteiger partial charge is 0.416 e. The van der Waals surface area contributed by atoms with Crippen molar-refractivity contribution < 1.29 is 13.6 Å². The van der Waals surface area contributed by atoms with Gasteiger partial charge in [-0.05, 0) is 23.3 Å². The van der Waals surface area contributed by atoms with Crippen molar-refractivity contribution in [3.05, 3.63) is 87.4 Å². The van der Waals surface area contributed by atoms with E-state index in [1.165, 1.54) is 35.2 Å². The molecule has 1 N–H and O–H groups in total. The minimum absolute atomic E-state index is 0.267. The zero-order valence-electron chi connectivity index (χ0n) is 15.6. The zero-order valence-corrected chi connectivity index (χ0v) is 17.3. The van der Waals surface area contributed by atoms with Crippen LogP contribution in [0.15, 0.2) is 64.2 Å². The third-order valence-corrected chi connectivity index (χ3v) is 5.93. The molecule has 0 fully saturated rings. The molecule has 1 amide bonds. The molecule has 30 heavy (non-hydrogen) atoms. The quantitative estimate of drug-likeness (QED) is 0.415. The molecule has 7 nitrogen and oxygen atoms in total. The van der Waals surface area contributed by atoms with Crippen molar-refractivity contribution in [3.63, 3.8) is 0 Å². The predicted molar refractivity (Wildman–Crippen MR) is 111 cm³/mol. The van der Waals surface area contributed by atoms with Crippen LogP contribution in [0.4, 0.5) is 4.39 Å². The summed E-state index contributed by atoms with van der Waals surface area (Å²) in [6, 6.07) is 15.8. The molecule has 10 heteroatoms. The first-order valence-corrected chi connectivity index (χ1v) is 10.8. The molecular formula is C20H16FN5O2S2. The van der Waals surface area contributed by atoms with Gasteiger partial charge in [-0.1, -0.05) is 65.6 Å². The Morgan fingerprint density at radius 3 is 2.60 bits per heavy atom. The van der Waals surface area contributed by atoms with E-state index in [1.807, 2.05) is 30.3 Å². The first-order chi connectivity index (χ1) is 14.7. The van der Waals surface area contributed by atoms with E-state index in [-0.39, 0.29) is 23.3 Å². The lowest BCUT2D eigenvalue weighted by Gasteiger charge is -2.02. The lowest BCUT2D eigenvalue weighted by atomic mass is 10.2. The highest BCUT2D eigenvalue weighted by atomic mass is 32.2. The third-order valence-electron chi connectivity index (χ3n) is 3.99. The van der Waals surface area contributed by atoms with Gasteiger partial charge >= 0.3 is 0 Å². The zero-order chi connectivity index (χ0) is 20.8. The van der Waals surface area contributed by atoms with Gasteiger partial charge < -0.3 is 9.73 Å². The molecule has 2 aromatic heterocycles. The molecule has 0 bridgehead atoms. The van der Waals surface area contributed by atoms with Gasteiger partial charge in [-0.2, -0.15) is 0 Å². The number of carbonyl (C=O) groups excluding carboxylic acids is 1. The Labute approximate surface area is 179 Å². The average molecular weight is 442 g/mol. The molecule has 4 aromatic rings. The van der Waals surface area contributed by atoms with Gasteiger partial charge in [-0.3, -0.25) is 4.79 Å². The number of amides is 1. The van der Waals surface area contributed by atoms with E-state index in [4.69, 9.17) is 4.42 Å². The van der Waals surface area contributed by atoms with Crippen molar-refractivity contribution in [1.82, 2.24) is 25.7 Å². The molecule has 0 aliphatic heterocycles. The summed E-state index contributed by atoms with van der Waals surface area (Å²) in [4.78, 5) is 12.2. The van der Waals surface area contributed by atoms with Crippen molar-refractivity contribution in [2.75, 3.05) is 0 Å². The van der Waals surface area contributed by atoms with Crippen LogP contribution in [0.1, 0.15) is 31.8 Å². The van der Waals surface area contributed by atoms with Crippen LogP contribution in [0, 0.1) is 5.82 Å². The first kappa shape index (κ1) is 20.2. The lowest BCUT2D eigenvalue weighted by Crippen LogP contribution is -2.22. The van der Waals surface area contributed by atoms with Gasteiger partial charge in [-0.15, -0.1) is 20.4 Å². The molecule has 2 heterocycles. The molecular weight excluding hydrogens is 425 g/mol. The van der Waals surface area contributed by atoms with Gasteiger partial charge in [0.2, 0.25) is 10.9 Å². The second kappa shape index (κ2) is 9.59. The summed E-state index contributed by atoms with van der Waals surface area (Å²) >= 11 is 2.54. The molecule has 0 radical (unpaired) electrons. The van der Waals surface area contributed by atoms with Crippen LogP contribution < -0.4 is 5.32 Å². The molecule has 152 valence electrons. The fourth-order valence-electron chi connectivity index (χ4n) is 2.53. The number of hydrogen-bond acceptors (Lipinski definition) is 8. The van der Waals surface area contributed by atoms with Gasteiger partial charge in [0.25, 0.3) is 11.1 Å². The molecule has 4 rings (SSSR count). The summed E-state index contributed by atoms with van der Waals surface area (Å²) < 4.78 is 18.6. The second-order valence-corrected chi connectivity index (χ2v) is 8.21. The fourth-order valence-corrected chi connectivity index (χ4v) is 4.05. The van der Waals surface area contributed by atoms with Gasteiger partial charge in [0, 0.05) is 6.54 Å². The van der Waals surface area contributed by atoms with E-state index in [9.17, 15) is 9.18 Å². The lowest BCUT2D eigenvalue weighted by molar-refractivity contribution is 0.0950. The summed E-state index contributed by atoms with van der Waals surface area (Å²) in [6.45, 7) is 0.287. The molecule has 0 atom stereocenters. The number of aromatic nitrogens is 4. The normalized spacial score (nSPS) is 10.8. The van der Waals surface area contributed by atoms with Gasteiger partial charge in [0.05, 0.1) is 12.2 Å². The Bertz CT molecular complexity index is 1120. The summed E-state index contributed by atoms with van der Waals surface area (Å²) in [7, 11) is 0. The number of hydrogen-bond donors (Lipinski definition) is 1. The fraction of sp³-hybridized carbons (Fsp3) is 0.150. The summed E-state index contributed by atoms with van der Waals surface area (Å²) in [6.07, 6.45) is 0.575. The van der Waals surface area contributed by atoms with E-state index in [1.54, 1.807) is 12.1 Å². The van der Waals surface area contributed by atoms with Gasteiger partial charge in [0.15, 0.2) is 0 Å². The van der Waals surface area contributed by atoms with Crippen LogP contribution in [0.25, 0.3) is 0 Å². The summed E-state index contributed by atoms with van der Waals surface area (Å²) in [5.41, 5.74) is 1.89. The molecule has 0 aliphatic rings. The summed E-state index contributed by atoms with van der Waals surface area (Å²) in [5, 5.41) is 20.2. The smallest absolute Gasteiger partial charge is 0.282 e. The monoisotopic (exact) mass is 441 g/mol. The Kier molecular flexibility index (Phi) is 6.45. The highest BCUT2D eigenvalue weighted by Crippen LogP contribution is 2.24. The van der Waals surface area contributed by atoms with Gasteiger partial charge in [0.1, 0.15) is 10.8 Å². The number of nitrogens with zero attached hydrogens (tertiary/aromatic N) is 4. The number of nitrogens with one attached hydrogen (secondary N) is 1. The Hall–Kier alpha value is -3.11. The maximum atomic E-state index is 12.9. The van der Waals surface area contributed by atoms with Crippen LogP contribution in [-0.4, -0.2) is 26.3 Å². The van der Waals surface area contributed by atoms with E-state index < -0.39 is 0 Å². The summed E-state index contributed by atoms with van der Waals surface area (Å²) in [5.74, 6) is 0.373. The molecule has 0 unspecified atom stereocenters. The van der Waals surface area contributed by atoms with E-state index >= 15 is 0 Å². The van der Waals surface area contributed by atoms with Crippen LogP contribution in [0.2, 0.25) is 0 Å². The standard InChI is InChI=1S/C20H16FN5O2S2/c21-15-8-6-14(7-9-15)11-22-18(27)19-25-24-17(30-19)12-29-20-26-23-16(28-20)10-13-4-2-1-3-5-13/h1-9H,10-12H2,(H,22,27). The number of carbonyl (C=O) groups is 1. The predicted octanol–water partition coefficient (Wildman–Crippen LogP) is 3.87. The SMILES string of the molecule is O=C(NCc1ccc(F)cc1)c1nnc(CSc2nnc(Cc3ccccc3)o2)s1. The molecule has 0 aliphatic carbocycles. The van der Waals surface area contributed by atoms with Crippen molar-refractivity contribution in [3.8, 4) is 0 Å². The minimum Gasteiger partial charge on any atom is -0.416 e. The van der Waals surface area contributed by atoms with Crippen molar-refractivity contribution in [2.24, 2.45) is 0 Å². The number of rotatable bonds is 8. The van der Waals surface area contributed by atoms with E-state index in [0.717, 1.165) is 11.1 Å². The molecule has 0 spiro atoms. The number of halogens is 1. The first-order valence-electron chi connectivity index (χ1n) is 9.00.